The fourth-order valence-electron chi connectivity index (χ4n) is 3.07. The van der Waals surface area contributed by atoms with Gasteiger partial charge < -0.3 is 11.1 Å². The Morgan fingerprint density at radius 2 is 1.96 bits per heavy atom. The predicted octanol–water partition coefficient (Wildman–Crippen LogP) is 2.42. The highest BCUT2D eigenvalue weighted by Gasteiger charge is 2.30. The van der Waals surface area contributed by atoms with E-state index in [1.807, 2.05) is 19.1 Å². The molecular weight excluding hydrogens is 293 g/mol. The second-order valence-electron chi connectivity index (χ2n) is 6.82. The SMILES string of the molecule is CCCC(C)(N)C(=O)NC1CCN(Cc2ccc(F)cc2)CC1. The first-order chi connectivity index (χ1) is 10.9. The molecule has 0 saturated carbocycles. The number of hydrogen-bond acceptors (Lipinski definition) is 3. The van der Waals surface area contributed by atoms with Gasteiger partial charge in [-0.2, -0.15) is 0 Å². The molecule has 0 aromatic heterocycles. The van der Waals surface area contributed by atoms with Crippen molar-refractivity contribution in [2.75, 3.05) is 13.1 Å². The lowest BCUT2D eigenvalue weighted by atomic mass is 9.95. The van der Waals surface area contributed by atoms with Gasteiger partial charge in [0.1, 0.15) is 5.82 Å². The van der Waals surface area contributed by atoms with E-state index in [1.165, 1.54) is 12.1 Å². The summed E-state index contributed by atoms with van der Waals surface area (Å²) in [5, 5.41) is 3.10. The van der Waals surface area contributed by atoms with Crippen molar-refractivity contribution in [3.05, 3.63) is 35.6 Å². The number of amides is 1. The molecular formula is C18H28FN3O. The molecule has 0 aliphatic carbocycles. The van der Waals surface area contributed by atoms with Crippen molar-refractivity contribution in [3.63, 3.8) is 0 Å². The molecule has 1 saturated heterocycles. The Bertz CT molecular complexity index is 508. The molecule has 1 atom stereocenters. The molecule has 1 aliphatic rings. The maximum Gasteiger partial charge on any atom is 0.240 e. The van der Waals surface area contributed by atoms with E-state index in [0.717, 1.165) is 44.5 Å². The van der Waals surface area contributed by atoms with E-state index in [0.29, 0.717) is 6.42 Å². The van der Waals surface area contributed by atoms with Crippen LogP contribution in [-0.4, -0.2) is 35.5 Å². The van der Waals surface area contributed by atoms with Crippen LogP contribution in [0.5, 0.6) is 0 Å². The summed E-state index contributed by atoms with van der Waals surface area (Å²) in [5.74, 6) is -0.247. The van der Waals surface area contributed by atoms with Crippen LogP contribution in [0.15, 0.2) is 24.3 Å². The van der Waals surface area contributed by atoms with Crippen LogP contribution in [0, 0.1) is 5.82 Å². The molecule has 1 aromatic rings. The van der Waals surface area contributed by atoms with E-state index >= 15 is 0 Å². The van der Waals surface area contributed by atoms with Crippen molar-refractivity contribution in [2.45, 2.75) is 57.7 Å². The topological polar surface area (TPSA) is 58.4 Å². The van der Waals surface area contributed by atoms with Crippen molar-refractivity contribution < 1.29 is 9.18 Å². The maximum atomic E-state index is 12.9. The third-order valence-corrected chi connectivity index (χ3v) is 4.53. The van der Waals surface area contributed by atoms with Crippen LogP contribution in [-0.2, 0) is 11.3 Å². The Morgan fingerprint density at radius 3 is 2.52 bits per heavy atom. The van der Waals surface area contributed by atoms with Gasteiger partial charge in [-0.05, 0) is 43.9 Å². The molecule has 0 radical (unpaired) electrons. The number of carbonyl (C=O) groups excluding carboxylic acids is 1. The highest BCUT2D eigenvalue weighted by molar-refractivity contribution is 5.85. The van der Waals surface area contributed by atoms with Gasteiger partial charge in [0, 0.05) is 25.7 Å². The minimum absolute atomic E-state index is 0.0451. The van der Waals surface area contributed by atoms with Gasteiger partial charge in [0.25, 0.3) is 0 Å². The lowest BCUT2D eigenvalue weighted by Crippen LogP contribution is -2.55. The Balaban J connectivity index is 1.77. The quantitative estimate of drug-likeness (QED) is 0.846. The maximum absolute atomic E-state index is 12.9. The monoisotopic (exact) mass is 321 g/mol. The molecule has 5 heteroatoms. The second kappa shape index (κ2) is 7.88. The van der Waals surface area contributed by atoms with Gasteiger partial charge >= 0.3 is 0 Å². The van der Waals surface area contributed by atoms with Crippen LogP contribution in [0.3, 0.4) is 0 Å². The summed E-state index contributed by atoms with van der Waals surface area (Å²) in [4.78, 5) is 14.6. The molecule has 1 amide bonds. The van der Waals surface area contributed by atoms with Gasteiger partial charge in [-0.25, -0.2) is 4.39 Å². The van der Waals surface area contributed by atoms with Crippen LogP contribution < -0.4 is 11.1 Å². The second-order valence-corrected chi connectivity index (χ2v) is 6.82. The van der Waals surface area contributed by atoms with Crippen molar-refractivity contribution in [1.29, 1.82) is 0 Å². The highest BCUT2D eigenvalue weighted by Crippen LogP contribution is 2.16. The molecule has 2 rings (SSSR count). The molecule has 0 bridgehead atoms. The summed E-state index contributed by atoms with van der Waals surface area (Å²) < 4.78 is 12.9. The molecule has 23 heavy (non-hydrogen) atoms. The number of benzene rings is 1. The van der Waals surface area contributed by atoms with Gasteiger partial charge in [0.15, 0.2) is 0 Å². The fraction of sp³-hybridized carbons (Fsp3) is 0.611. The molecule has 4 nitrogen and oxygen atoms in total. The summed E-state index contributed by atoms with van der Waals surface area (Å²) in [5.41, 5.74) is 6.42. The fourth-order valence-corrected chi connectivity index (χ4v) is 3.07. The Labute approximate surface area is 138 Å². The zero-order valence-corrected chi connectivity index (χ0v) is 14.1. The molecule has 128 valence electrons. The lowest BCUT2D eigenvalue weighted by Gasteiger charge is -2.34. The Morgan fingerprint density at radius 1 is 1.35 bits per heavy atom. The minimum atomic E-state index is -0.778. The Hall–Kier alpha value is -1.46. The van der Waals surface area contributed by atoms with Crippen molar-refractivity contribution in [2.24, 2.45) is 5.73 Å². The minimum Gasteiger partial charge on any atom is -0.352 e. The molecule has 1 aliphatic heterocycles. The van der Waals surface area contributed by atoms with Gasteiger partial charge in [0.2, 0.25) is 5.91 Å². The van der Waals surface area contributed by atoms with Gasteiger partial charge in [-0.1, -0.05) is 25.5 Å². The number of nitrogens with zero attached hydrogens (tertiary/aromatic N) is 1. The van der Waals surface area contributed by atoms with E-state index in [1.54, 1.807) is 6.92 Å². The van der Waals surface area contributed by atoms with Crippen molar-refractivity contribution in [3.8, 4) is 0 Å². The lowest BCUT2D eigenvalue weighted by molar-refractivity contribution is -0.127. The molecule has 1 unspecified atom stereocenters. The number of piperidine rings is 1. The summed E-state index contributed by atoms with van der Waals surface area (Å²) in [6.45, 7) is 6.52. The van der Waals surface area contributed by atoms with Crippen LogP contribution in [0.4, 0.5) is 4.39 Å². The number of nitrogens with two attached hydrogens (primary N) is 1. The van der Waals surface area contributed by atoms with E-state index in [4.69, 9.17) is 5.73 Å². The number of carbonyl (C=O) groups is 1. The third-order valence-electron chi connectivity index (χ3n) is 4.53. The van der Waals surface area contributed by atoms with Crippen molar-refractivity contribution >= 4 is 5.91 Å². The predicted molar refractivity (Wildman–Crippen MR) is 90.3 cm³/mol. The first-order valence-electron chi connectivity index (χ1n) is 8.47. The summed E-state index contributed by atoms with van der Waals surface area (Å²) in [6, 6.07) is 6.85. The summed E-state index contributed by atoms with van der Waals surface area (Å²) >= 11 is 0. The zero-order chi connectivity index (χ0) is 16.9. The average Bonchev–Trinajstić information content (AvgIpc) is 2.51. The van der Waals surface area contributed by atoms with Crippen molar-refractivity contribution in [1.82, 2.24) is 10.2 Å². The average molecular weight is 321 g/mol. The highest BCUT2D eigenvalue weighted by atomic mass is 19.1. The molecule has 1 heterocycles. The normalized spacial score (nSPS) is 19.3. The number of nitrogens with one attached hydrogen (secondary N) is 1. The smallest absolute Gasteiger partial charge is 0.240 e. The van der Waals surface area contributed by atoms with Crippen LogP contribution >= 0.6 is 0 Å². The summed E-state index contributed by atoms with van der Waals surface area (Å²) in [6.07, 6.45) is 3.45. The molecule has 1 aromatic carbocycles. The zero-order valence-electron chi connectivity index (χ0n) is 14.1. The van der Waals surface area contributed by atoms with E-state index in [9.17, 15) is 9.18 Å². The third kappa shape index (κ3) is 5.29. The van der Waals surface area contributed by atoms with Crippen LogP contribution in [0.1, 0.15) is 45.1 Å². The van der Waals surface area contributed by atoms with Gasteiger partial charge in [-0.15, -0.1) is 0 Å². The van der Waals surface area contributed by atoms with Gasteiger partial charge in [-0.3, -0.25) is 9.69 Å². The largest absolute Gasteiger partial charge is 0.352 e. The standard InChI is InChI=1S/C18H28FN3O/c1-3-10-18(2,20)17(23)21-16-8-11-22(12-9-16)13-14-4-6-15(19)7-5-14/h4-7,16H,3,8-13,20H2,1-2H3,(H,21,23). The first-order valence-corrected chi connectivity index (χ1v) is 8.47. The Kier molecular flexibility index (Phi) is 6.13. The molecule has 1 fully saturated rings. The van der Waals surface area contributed by atoms with Crippen LogP contribution in [0.25, 0.3) is 0 Å². The number of hydrogen-bond donors (Lipinski definition) is 2. The van der Waals surface area contributed by atoms with Crippen LogP contribution in [0.2, 0.25) is 0 Å². The summed E-state index contributed by atoms with van der Waals surface area (Å²) in [7, 11) is 0. The molecule has 3 N–H and O–H groups in total. The van der Waals surface area contributed by atoms with E-state index in [-0.39, 0.29) is 17.8 Å². The molecule has 0 spiro atoms. The number of rotatable bonds is 6. The van der Waals surface area contributed by atoms with Gasteiger partial charge in [0.05, 0.1) is 5.54 Å². The first kappa shape index (κ1) is 17.9. The van der Waals surface area contributed by atoms with E-state index < -0.39 is 5.54 Å². The number of halogens is 1. The van der Waals surface area contributed by atoms with E-state index in [2.05, 4.69) is 10.2 Å². The number of likely N-dealkylation sites (tertiary alicyclic amines) is 1.